The average molecular weight is 328 g/mol. The zero-order valence-electron chi connectivity index (χ0n) is 9.53. The Bertz CT molecular complexity index is 542. The van der Waals surface area contributed by atoms with E-state index in [4.69, 9.17) is 4.74 Å². The highest BCUT2D eigenvalue weighted by atomic mass is 79.9. The topological polar surface area (TPSA) is 55.4 Å². The van der Waals surface area contributed by atoms with E-state index in [-0.39, 0.29) is 11.1 Å². The molecule has 1 saturated heterocycles. The fraction of sp³-hybridized carbons (Fsp3) is 0.167. The van der Waals surface area contributed by atoms with Crippen LogP contribution in [-0.4, -0.2) is 17.8 Å². The second-order valence-electron chi connectivity index (χ2n) is 3.47. The molecule has 4 nitrogen and oxygen atoms in total. The molecule has 18 heavy (non-hydrogen) atoms. The molecule has 1 aliphatic heterocycles. The zero-order chi connectivity index (χ0) is 13.1. The zero-order valence-corrected chi connectivity index (χ0v) is 11.9. The number of benzene rings is 1. The summed E-state index contributed by atoms with van der Waals surface area (Å²) in [4.78, 5) is 22.9. The smallest absolute Gasteiger partial charge is 0.290 e. The fourth-order valence-electron chi connectivity index (χ4n) is 1.48. The molecule has 1 fully saturated rings. The number of rotatable bonds is 3. The van der Waals surface area contributed by atoms with Crippen molar-refractivity contribution in [1.82, 2.24) is 5.32 Å². The maximum Gasteiger partial charge on any atom is 0.290 e. The average Bonchev–Trinajstić information content (AvgIpc) is 2.61. The first-order chi connectivity index (χ1) is 8.60. The number of nitrogens with one attached hydrogen (secondary N) is 1. The summed E-state index contributed by atoms with van der Waals surface area (Å²) in [6, 6.07) is 5.52. The van der Waals surface area contributed by atoms with Crippen LogP contribution in [0.15, 0.2) is 27.6 Å². The number of ether oxygens (including phenoxy) is 1. The second kappa shape index (κ2) is 5.58. The van der Waals surface area contributed by atoms with Crippen molar-refractivity contribution in [1.29, 1.82) is 0 Å². The van der Waals surface area contributed by atoms with Gasteiger partial charge in [-0.05, 0) is 43.0 Å². The number of thioether (sulfide) groups is 1. The number of hydrogen-bond donors (Lipinski definition) is 1. The largest absolute Gasteiger partial charge is 0.493 e. The molecule has 0 atom stereocenters. The van der Waals surface area contributed by atoms with Crippen molar-refractivity contribution in [3.63, 3.8) is 0 Å². The lowest BCUT2D eigenvalue weighted by molar-refractivity contribution is -0.115. The lowest BCUT2D eigenvalue weighted by Gasteiger charge is -2.07. The van der Waals surface area contributed by atoms with Gasteiger partial charge in [-0.3, -0.25) is 14.9 Å². The highest BCUT2D eigenvalue weighted by Gasteiger charge is 2.25. The molecule has 2 rings (SSSR count). The van der Waals surface area contributed by atoms with Crippen molar-refractivity contribution < 1.29 is 14.3 Å². The van der Waals surface area contributed by atoms with E-state index in [9.17, 15) is 9.59 Å². The first-order valence-corrected chi connectivity index (χ1v) is 6.88. The van der Waals surface area contributed by atoms with Gasteiger partial charge in [-0.25, -0.2) is 0 Å². The van der Waals surface area contributed by atoms with Gasteiger partial charge in [-0.1, -0.05) is 15.9 Å². The Morgan fingerprint density at radius 1 is 1.44 bits per heavy atom. The van der Waals surface area contributed by atoms with Crippen molar-refractivity contribution in [3.05, 3.63) is 33.1 Å². The van der Waals surface area contributed by atoms with Crippen LogP contribution < -0.4 is 10.1 Å². The number of imide groups is 1. The van der Waals surface area contributed by atoms with Gasteiger partial charge in [0.25, 0.3) is 11.1 Å². The number of amides is 2. The molecule has 0 bridgehead atoms. The lowest BCUT2D eigenvalue weighted by atomic mass is 10.2. The minimum absolute atomic E-state index is 0.348. The second-order valence-corrected chi connectivity index (χ2v) is 5.40. The maximum absolute atomic E-state index is 11.5. The van der Waals surface area contributed by atoms with E-state index in [1.807, 2.05) is 25.1 Å². The number of carbonyl (C=O) groups is 2. The van der Waals surface area contributed by atoms with E-state index in [1.165, 1.54) is 0 Å². The minimum Gasteiger partial charge on any atom is -0.493 e. The summed E-state index contributed by atoms with van der Waals surface area (Å²) in [5.74, 6) is 0.313. The molecule has 1 aromatic carbocycles. The Morgan fingerprint density at radius 2 is 2.22 bits per heavy atom. The van der Waals surface area contributed by atoms with Crippen LogP contribution in [0, 0.1) is 0 Å². The van der Waals surface area contributed by atoms with Gasteiger partial charge in [0.2, 0.25) is 0 Å². The number of carbonyl (C=O) groups excluding carboxylic acids is 2. The summed E-state index contributed by atoms with van der Waals surface area (Å²) < 4.78 is 6.36. The Kier molecular flexibility index (Phi) is 4.08. The van der Waals surface area contributed by atoms with Crippen LogP contribution in [-0.2, 0) is 4.79 Å². The molecular weight excluding hydrogens is 318 g/mol. The highest BCUT2D eigenvalue weighted by Crippen LogP contribution is 2.30. The Balaban J connectivity index is 2.38. The summed E-state index contributed by atoms with van der Waals surface area (Å²) in [6.07, 6.45) is 1.65. The van der Waals surface area contributed by atoms with Crippen LogP contribution in [0.25, 0.3) is 6.08 Å². The van der Waals surface area contributed by atoms with Crippen molar-refractivity contribution >= 4 is 44.9 Å². The summed E-state index contributed by atoms with van der Waals surface area (Å²) in [6.45, 7) is 2.43. The van der Waals surface area contributed by atoms with Gasteiger partial charge < -0.3 is 4.74 Å². The SMILES string of the molecule is CCOc1ccc(Br)cc1C=C1SC(=O)NC1=O. The van der Waals surface area contributed by atoms with Crippen LogP contribution in [0.5, 0.6) is 5.75 Å². The quantitative estimate of drug-likeness (QED) is 0.866. The van der Waals surface area contributed by atoms with Crippen LogP contribution in [0.1, 0.15) is 12.5 Å². The van der Waals surface area contributed by atoms with Crippen LogP contribution in [0.2, 0.25) is 0 Å². The molecule has 0 radical (unpaired) electrons. The molecule has 0 aromatic heterocycles. The van der Waals surface area contributed by atoms with E-state index in [2.05, 4.69) is 21.2 Å². The van der Waals surface area contributed by atoms with Gasteiger partial charge in [0, 0.05) is 10.0 Å². The molecule has 1 heterocycles. The maximum atomic E-state index is 11.5. The van der Waals surface area contributed by atoms with Gasteiger partial charge in [0.15, 0.2) is 0 Å². The molecule has 1 aliphatic rings. The predicted molar refractivity (Wildman–Crippen MR) is 74.4 cm³/mol. The minimum atomic E-state index is -0.368. The molecule has 1 N–H and O–H groups in total. The fourth-order valence-corrected chi connectivity index (χ4v) is 2.53. The van der Waals surface area contributed by atoms with Crippen molar-refractivity contribution in [2.45, 2.75) is 6.92 Å². The van der Waals surface area contributed by atoms with Crippen molar-refractivity contribution in [2.24, 2.45) is 0 Å². The summed E-state index contributed by atoms with van der Waals surface area (Å²) in [5.41, 5.74) is 0.763. The first kappa shape index (κ1) is 13.2. The van der Waals surface area contributed by atoms with Crippen molar-refractivity contribution in [2.75, 3.05) is 6.61 Å². The van der Waals surface area contributed by atoms with E-state index in [0.29, 0.717) is 17.3 Å². The summed E-state index contributed by atoms with van der Waals surface area (Å²) in [7, 11) is 0. The molecule has 0 aliphatic carbocycles. The van der Waals surface area contributed by atoms with Gasteiger partial charge in [0.05, 0.1) is 11.5 Å². The molecule has 94 valence electrons. The van der Waals surface area contributed by atoms with Gasteiger partial charge in [-0.15, -0.1) is 0 Å². The third kappa shape index (κ3) is 2.94. The standard InChI is InChI=1S/C12H10BrNO3S/c1-2-17-9-4-3-8(13)5-7(9)6-10-11(15)14-12(16)18-10/h3-6H,2H2,1H3,(H,14,15,16). The normalized spacial score (nSPS) is 17.1. The van der Waals surface area contributed by atoms with E-state index in [0.717, 1.165) is 21.8 Å². The third-order valence-corrected chi connectivity index (χ3v) is 3.50. The number of halogens is 1. The van der Waals surface area contributed by atoms with Gasteiger partial charge in [-0.2, -0.15) is 0 Å². The Hall–Kier alpha value is -1.27. The number of hydrogen-bond acceptors (Lipinski definition) is 4. The molecule has 0 spiro atoms. The molecular formula is C12H10BrNO3S. The summed E-state index contributed by atoms with van der Waals surface area (Å²) >= 11 is 4.26. The molecule has 6 heteroatoms. The molecule has 2 amide bonds. The van der Waals surface area contributed by atoms with E-state index in [1.54, 1.807) is 6.08 Å². The third-order valence-electron chi connectivity index (χ3n) is 2.20. The first-order valence-electron chi connectivity index (χ1n) is 5.27. The van der Waals surface area contributed by atoms with E-state index >= 15 is 0 Å². The van der Waals surface area contributed by atoms with Gasteiger partial charge >= 0.3 is 0 Å². The molecule has 1 aromatic rings. The monoisotopic (exact) mass is 327 g/mol. The van der Waals surface area contributed by atoms with Crippen LogP contribution in [0.3, 0.4) is 0 Å². The van der Waals surface area contributed by atoms with Gasteiger partial charge in [0.1, 0.15) is 5.75 Å². The Morgan fingerprint density at radius 3 is 2.83 bits per heavy atom. The molecule has 0 unspecified atom stereocenters. The van der Waals surface area contributed by atoms with E-state index < -0.39 is 0 Å². The Labute approximate surface area is 117 Å². The van der Waals surface area contributed by atoms with Crippen LogP contribution in [0.4, 0.5) is 4.79 Å². The predicted octanol–water partition coefficient (Wildman–Crippen LogP) is 3.17. The summed E-state index contributed by atoms with van der Waals surface area (Å²) in [5, 5.41) is 1.87. The lowest BCUT2D eigenvalue weighted by Crippen LogP contribution is -2.17. The highest BCUT2D eigenvalue weighted by molar-refractivity contribution is 9.10. The molecule has 0 saturated carbocycles. The van der Waals surface area contributed by atoms with Crippen LogP contribution >= 0.6 is 27.7 Å². The van der Waals surface area contributed by atoms with Crippen molar-refractivity contribution in [3.8, 4) is 5.75 Å².